The van der Waals surface area contributed by atoms with E-state index in [-0.39, 0.29) is 29.0 Å². The average molecular weight is 523 g/mol. The number of aromatic nitrogens is 2. The van der Waals surface area contributed by atoms with Crippen LogP contribution in [-0.4, -0.2) is 26.8 Å². The Morgan fingerprint density at radius 3 is 2.38 bits per heavy atom. The van der Waals surface area contributed by atoms with Crippen LogP contribution in [0, 0.1) is 6.92 Å². The third kappa shape index (κ3) is 6.03. The van der Waals surface area contributed by atoms with Gasteiger partial charge in [0.2, 0.25) is 0 Å². The minimum absolute atomic E-state index is 0.00464. The Hall–Kier alpha value is -4.39. The fraction of sp³-hybridized carbons (Fsp3) is 0.281. The van der Waals surface area contributed by atoms with Gasteiger partial charge in [-0.05, 0) is 66.6 Å². The van der Waals surface area contributed by atoms with Crippen LogP contribution in [0.1, 0.15) is 72.3 Å². The maximum absolute atomic E-state index is 13.1. The van der Waals surface area contributed by atoms with Crippen molar-refractivity contribution in [2.24, 2.45) is 0 Å². The molecule has 0 atom stereocenters. The molecule has 200 valence electrons. The fourth-order valence-electron chi connectivity index (χ4n) is 4.59. The summed E-state index contributed by atoms with van der Waals surface area (Å²) in [5.74, 6) is -0.00224. The first-order chi connectivity index (χ1) is 18.6. The second kappa shape index (κ2) is 10.4. The molecule has 1 aromatic heterocycles. The number of rotatable bonds is 6. The van der Waals surface area contributed by atoms with Crippen LogP contribution in [0.2, 0.25) is 0 Å². The number of amides is 2. The van der Waals surface area contributed by atoms with Gasteiger partial charge in [0.25, 0.3) is 5.91 Å². The number of carbonyl (C=O) groups excluding carboxylic acids is 2. The number of nitrogens with one attached hydrogen (secondary N) is 2. The zero-order chi connectivity index (χ0) is 27.7. The van der Waals surface area contributed by atoms with E-state index in [4.69, 9.17) is 0 Å². The van der Waals surface area contributed by atoms with Gasteiger partial charge >= 0.3 is 6.03 Å². The quantitative estimate of drug-likeness (QED) is 0.261. The van der Waals surface area contributed by atoms with E-state index in [1.165, 1.54) is 10.7 Å². The molecule has 2 amide bonds. The first-order valence-corrected chi connectivity index (χ1v) is 13.3. The van der Waals surface area contributed by atoms with E-state index in [0.29, 0.717) is 29.1 Å². The van der Waals surface area contributed by atoms with Gasteiger partial charge in [-0.2, -0.15) is 9.78 Å². The van der Waals surface area contributed by atoms with Crippen molar-refractivity contribution in [2.75, 3.05) is 5.32 Å². The van der Waals surface area contributed by atoms with Crippen molar-refractivity contribution >= 4 is 17.6 Å². The smallest absolute Gasteiger partial charge is 0.342 e. The van der Waals surface area contributed by atoms with E-state index in [9.17, 15) is 14.7 Å². The van der Waals surface area contributed by atoms with Crippen molar-refractivity contribution in [3.63, 3.8) is 0 Å². The second-order valence-electron chi connectivity index (χ2n) is 11.3. The Balaban J connectivity index is 1.31. The lowest BCUT2D eigenvalue weighted by Crippen LogP contribution is -2.30. The lowest BCUT2D eigenvalue weighted by molar-refractivity contribution is 0.102. The molecule has 5 rings (SSSR count). The van der Waals surface area contributed by atoms with Crippen LogP contribution in [-0.2, 0) is 12.0 Å². The Labute approximate surface area is 228 Å². The Kier molecular flexibility index (Phi) is 7.00. The molecule has 39 heavy (non-hydrogen) atoms. The molecule has 0 bridgehead atoms. The predicted molar refractivity (Wildman–Crippen MR) is 153 cm³/mol. The number of hydrogen-bond donors (Lipinski definition) is 3. The van der Waals surface area contributed by atoms with Crippen molar-refractivity contribution in [3.05, 3.63) is 101 Å². The summed E-state index contributed by atoms with van der Waals surface area (Å²) >= 11 is 0. The summed E-state index contributed by atoms with van der Waals surface area (Å²) in [7, 11) is 0. The molecule has 7 heteroatoms. The third-order valence-corrected chi connectivity index (χ3v) is 7.00. The molecule has 0 radical (unpaired) electrons. The highest BCUT2D eigenvalue weighted by molar-refractivity contribution is 6.04. The molecule has 1 aliphatic carbocycles. The number of anilines is 1. The number of hydrogen-bond acceptors (Lipinski definition) is 4. The highest BCUT2D eigenvalue weighted by atomic mass is 16.3. The molecule has 3 N–H and O–H groups in total. The SMILES string of the molecule is Cc1cccc(CNC(=O)n2nc(-c3ccc(NC(=O)c4ccc(C(C)(C)C)cc4)cc3O)cc2C2CC2)c1. The first-order valence-electron chi connectivity index (χ1n) is 13.3. The first kappa shape index (κ1) is 26.2. The van der Waals surface area contributed by atoms with Crippen LogP contribution in [0.3, 0.4) is 0 Å². The zero-order valence-corrected chi connectivity index (χ0v) is 22.8. The largest absolute Gasteiger partial charge is 0.507 e. The molecule has 1 heterocycles. The average Bonchev–Trinajstić information content (AvgIpc) is 3.65. The molecule has 0 spiro atoms. The van der Waals surface area contributed by atoms with Crippen molar-refractivity contribution in [1.82, 2.24) is 15.1 Å². The van der Waals surface area contributed by atoms with Gasteiger partial charge in [-0.1, -0.05) is 62.7 Å². The number of aryl methyl sites for hydroxylation is 1. The van der Waals surface area contributed by atoms with Gasteiger partial charge in [-0.3, -0.25) is 4.79 Å². The summed E-state index contributed by atoms with van der Waals surface area (Å²) in [5, 5.41) is 21.2. The number of nitrogens with zero attached hydrogens (tertiary/aromatic N) is 2. The topological polar surface area (TPSA) is 96.3 Å². The number of benzene rings is 3. The van der Waals surface area contributed by atoms with Gasteiger partial charge in [0.15, 0.2) is 0 Å². The highest BCUT2D eigenvalue weighted by Gasteiger charge is 2.30. The van der Waals surface area contributed by atoms with Crippen LogP contribution in [0.25, 0.3) is 11.3 Å². The normalized spacial score (nSPS) is 13.2. The molecule has 1 aliphatic rings. The van der Waals surface area contributed by atoms with Gasteiger partial charge in [0, 0.05) is 35.3 Å². The highest BCUT2D eigenvalue weighted by Crippen LogP contribution is 2.42. The molecule has 3 aromatic carbocycles. The zero-order valence-electron chi connectivity index (χ0n) is 22.8. The van der Waals surface area contributed by atoms with Crippen molar-refractivity contribution in [1.29, 1.82) is 0 Å². The summed E-state index contributed by atoms with van der Waals surface area (Å²) in [5.41, 5.74) is 6.15. The Morgan fingerprint density at radius 2 is 1.74 bits per heavy atom. The van der Waals surface area contributed by atoms with Gasteiger partial charge in [-0.15, -0.1) is 0 Å². The number of aromatic hydroxyl groups is 1. The van der Waals surface area contributed by atoms with Crippen molar-refractivity contribution < 1.29 is 14.7 Å². The number of phenols is 1. The van der Waals surface area contributed by atoms with E-state index >= 15 is 0 Å². The van der Waals surface area contributed by atoms with Crippen molar-refractivity contribution in [3.8, 4) is 17.0 Å². The standard InChI is InChI=1S/C32H34N4O3/c1-20-6-5-7-21(16-20)19-33-31(39)36-28(22-8-9-22)18-27(35-36)26-15-14-25(17-29(26)37)34-30(38)23-10-12-24(13-11-23)32(2,3)4/h5-7,10-18,22,37H,8-9,19H2,1-4H3,(H,33,39)(H,34,38). The molecular weight excluding hydrogens is 488 g/mol. The monoisotopic (exact) mass is 522 g/mol. The van der Waals surface area contributed by atoms with E-state index in [1.54, 1.807) is 24.3 Å². The van der Waals surface area contributed by atoms with Crippen LogP contribution < -0.4 is 10.6 Å². The summed E-state index contributed by atoms with van der Waals surface area (Å²) in [4.78, 5) is 25.8. The minimum Gasteiger partial charge on any atom is -0.507 e. The molecule has 0 saturated heterocycles. The van der Waals surface area contributed by atoms with Crippen LogP contribution in [0.4, 0.5) is 10.5 Å². The van der Waals surface area contributed by atoms with E-state index in [1.807, 2.05) is 49.4 Å². The molecule has 1 fully saturated rings. The van der Waals surface area contributed by atoms with Crippen LogP contribution in [0.5, 0.6) is 5.75 Å². The minimum atomic E-state index is -0.300. The van der Waals surface area contributed by atoms with E-state index in [0.717, 1.165) is 35.2 Å². The number of carbonyl (C=O) groups is 2. The Morgan fingerprint density at radius 1 is 1.00 bits per heavy atom. The summed E-state index contributed by atoms with van der Waals surface area (Å²) < 4.78 is 1.42. The number of phenolic OH excluding ortho intramolecular Hbond substituents is 1. The molecule has 0 unspecified atom stereocenters. The summed E-state index contributed by atoms with van der Waals surface area (Å²) in [6, 6.07) is 22.0. The van der Waals surface area contributed by atoms with Gasteiger partial charge in [0.05, 0.1) is 11.4 Å². The van der Waals surface area contributed by atoms with Gasteiger partial charge in [-0.25, -0.2) is 4.79 Å². The van der Waals surface area contributed by atoms with E-state index < -0.39 is 0 Å². The summed E-state index contributed by atoms with van der Waals surface area (Å²) in [6.07, 6.45) is 2.01. The van der Waals surface area contributed by atoms with Crippen molar-refractivity contribution in [2.45, 2.75) is 58.4 Å². The van der Waals surface area contributed by atoms with Gasteiger partial charge in [0.1, 0.15) is 5.75 Å². The third-order valence-electron chi connectivity index (χ3n) is 7.00. The molecule has 4 aromatic rings. The lowest BCUT2D eigenvalue weighted by Gasteiger charge is -2.19. The maximum Gasteiger partial charge on any atom is 0.342 e. The lowest BCUT2D eigenvalue weighted by atomic mass is 9.87. The van der Waals surface area contributed by atoms with Crippen LogP contribution >= 0.6 is 0 Å². The second-order valence-corrected chi connectivity index (χ2v) is 11.3. The molecule has 1 saturated carbocycles. The molecular formula is C32H34N4O3. The molecule has 7 nitrogen and oxygen atoms in total. The maximum atomic E-state index is 13.1. The van der Waals surface area contributed by atoms with Gasteiger partial charge < -0.3 is 15.7 Å². The van der Waals surface area contributed by atoms with E-state index in [2.05, 4.69) is 36.5 Å². The molecule has 0 aliphatic heterocycles. The summed E-state index contributed by atoms with van der Waals surface area (Å²) in [6.45, 7) is 8.80. The fourth-order valence-corrected chi connectivity index (χ4v) is 4.59. The van der Waals surface area contributed by atoms with Crippen LogP contribution in [0.15, 0.2) is 72.8 Å². The predicted octanol–water partition coefficient (Wildman–Crippen LogP) is 6.75. The Bertz CT molecular complexity index is 1530.